The molecule has 0 aliphatic heterocycles. The van der Waals surface area contributed by atoms with Crippen molar-refractivity contribution < 1.29 is 23.4 Å². The van der Waals surface area contributed by atoms with Crippen LogP contribution in [-0.2, 0) is 17.6 Å². The molecule has 7 heteroatoms. The highest BCUT2D eigenvalue weighted by Gasteiger charge is 2.14. The Hall–Kier alpha value is -3.84. The third kappa shape index (κ3) is 6.04. The molecule has 4 rings (SSSR count). The fourth-order valence-electron chi connectivity index (χ4n) is 4.01. The molecule has 0 aliphatic rings. The number of nitrogens with zero attached hydrogens (tertiary/aromatic N) is 1. The molecule has 0 N–H and O–H groups in total. The Balaban J connectivity index is 1.44. The zero-order valence-corrected chi connectivity index (χ0v) is 21.2. The molecule has 0 bridgehead atoms. The van der Waals surface area contributed by atoms with E-state index >= 15 is 0 Å². The first-order valence-electron chi connectivity index (χ1n) is 11.4. The number of ether oxygens (including phenoxy) is 3. The second-order valence-corrected chi connectivity index (χ2v) is 9.07. The molecule has 1 aromatic heterocycles. The molecule has 0 fully saturated rings. The van der Waals surface area contributed by atoms with Gasteiger partial charge in [-0.2, -0.15) is 0 Å². The number of aryl methyl sites for hydroxylation is 1. The topological polar surface area (TPSA) is 57.7 Å². The Bertz CT molecular complexity index is 1440. The van der Waals surface area contributed by atoms with E-state index in [9.17, 15) is 9.18 Å². The maximum Gasteiger partial charge on any atom is 0.166 e. The summed E-state index contributed by atoms with van der Waals surface area (Å²) in [6, 6.07) is 17.7. The normalized spacial score (nSPS) is 10.8. The van der Waals surface area contributed by atoms with E-state index in [-0.39, 0.29) is 18.0 Å². The average molecular weight is 504 g/mol. The first-order valence-corrected chi connectivity index (χ1v) is 11.8. The van der Waals surface area contributed by atoms with Crippen LogP contribution in [0, 0.1) is 12.7 Å². The van der Waals surface area contributed by atoms with Crippen LogP contribution in [0.4, 0.5) is 4.39 Å². The summed E-state index contributed by atoms with van der Waals surface area (Å²) in [7, 11) is 3.09. The number of carbonyl (C=O) groups excluding carboxylic acids is 1. The van der Waals surface area contributed by atoms with Crippen LogP contribution < -0.4 is 14.2 Å². The molecule has 0 spiro atoms. The van der Waals surface area contributed by atoms with E-state index in [0.717, 1.165) is 11.1 Å². The Morgan fingerprint density at radius 3 is 2.36 bits per heavy atom. The van der Waals surface area contributed by atoms with E-state index in [1.54, 1.807) is 50.7 Å². The highest BCUT2D eigenvalue weighted by atomic mass is 32.1. The minimum Gasteiger partial charge on any atom is -0.493 e. The van der Waals surface area contributed by atoms with Gasteiger partial charge in [0, 0.05) is 41.8 Å². The van der Waals surface area contributed by atoms with Gasteiger partial charge in [0.25, 0.3) is 0 Å². The standard InChI is InChI=1S/C29H26FNO4S/c1-18-5-4-6-19(11-18)12-21(32)15-22(36)13-20-7-8-27(24(30)14-20)35-26-9-10-31-25-17-29(34-3)28(33-2)16-23(25)26/h4-11,14,16-17H,12-13,15H2,1-3H3. The van der Waals surface area contributed by atoms with Gasteiger partial charge in [-0.05, 0) is 42.3 Å². The fourth-order valence-corrected chi connectivity index (χ4v) is 4.34. The number of ketones is 1. The van der Waals surface area contributed by atoms with Crippen molar-refractivity contribution in [2.45, 2.75) is 26.2 Å². The number of benzene rings is 3. The third-order valence-corrected chi connectivity index (χ3v) is 5.99. The number of Topliss-reactive ketones (excluding diaryl/α,β-unsaturated/α-hetero) is 1. The molecule has 36 heavy (non-hydrogen) atoms. The number of halogens is 1. The quantitative estimate of drug-likeness (QED) is 0.227. The van der Waals surface area contributed by atoms with Crippen LogP contribution in [0.1, 0.15) is 23.1 Å². The van der Waals surface area contributed by atoms with Crippen molar-refractivity contribution >= 4 is 33.8 Å². The smallest absolute Gasteiger partial charge is 0.166 e. The number of fused-ring (bicyclic) bond motifs is 1. The molecule has 184 valence electrons. The molecule has 0 unspecified atom stereocenters. The van der Waals surface area contributed by atoms with Gasteiger partial charge in [0.2, 0.25) is 0 Å². The second kappa shape index (κ2) is 11.3. The molecule has 5 nitrogen and oxygen atoms in total. The van der Waals surface area contributed by atoms with E-state index < -0.39 is 5.82 Å². The molecule has 1 heterocycles. The molecule has 0 saturated heterocycles. The van der Waals surface area contributed by atoms with Gasteiger partial charge < -0.3 is 14.2 Å². The van der Waals surface area contributed by atoms with Gasteiger partial charge in [-0.25, -0.2) is 4.39 Å². The van der Waals surface area contributed by atoms with Crippen molar-refractivity contribution in [2.75, 3.05) is 14.2 Å². The summed E-state index contributed by atoms with van der Waals surface area (Å²) < 4.78 is 31.5. The lowest BCUT2D eigenvalue weighted by molar-refractivity contribution is -0.117. The molecule has 4 aromatic rings. The van der Waals surface area contributed by atoms with Crippen molar-refractivity contribution in [3.8, 4) is 23.0 Å². The monoisotopic (exact) mass is 503 g/mol. The van der Waals surface area contributed by atoms with Gasteiger partial charge in [0.15, 0.2) is 23.1 Å². The van der Waals surface area contributed by atoms with Crippen molar-refractivity contribution in [3.05, 3.63) is 89.4 Å². The van der Waals surface area contributed by atoms with Crippen molar-refractivity contribution in [2.24, 2.45) is 0 Å². The Morgan fingerprint density at radius 1 is 0.889 bits per heavy atom. The molecule has 0 aliphatic carbocycles. The summed E-state index contributed by atoms with van der Waals surface area (Å²) in [5.41, 5.74) is 3.39. The van der Waals surface area contributed by atoms with Gasteiger partial charge in [-0.15, -0.1) is 0 Å². The van der Waals surface area contributed by atoms with Crippen LogP contribution in [0.2, 0.25) is 0 Å². The lowest BCUT2D eigenvalue weighted by Crippen LogP contribution is -2.11. The van der Waals surface area contributed by atoms with Crippen molar-refractivity contribution in [1.29, 1.82) is 0 Å². The average Bonchev–Trinajstić information content (AvgIpc) is 2.84. The fraction of sp³-hybridized carbons (Fsp3) is 0.207. The summed E-state index contributed by atoms with van der Waals surface area (Å²) in [6.07, 6.45) is 2.43. The SMILES string of the molecule is COc1cc2nccc(Oc3ccc(CC(=S)CC(=O)Cc4cccc(C)c4)cc3F)c2cc1OC. The van der Waals surface area contributed by atoms with Crippen LogP contribution in [-0.4, -0.2) is 29.9 Å². The Labute approximate surface area is 214 Å². The molecule has 0 atom stereocenters. The second-order valence-electron chi connectivity index (χ2n) is 8.50. The predicted molar refractivity (Wildman–Crippen MR) is 142 cm³/mol. The largest absolute Gasteiger partial charge is 0.493 e. The van der Waals surface area contributed by atoms with Gasteiger partial charge in [-0.1, -0.05) is 48.1 Å². The summed E-state index contributed by atoms with van der Waals surface area (Å²) in [5, 5.41) is 0.659. The number of hydrogen-bond acceptors (Lipinski definition) is 6. The summed E-state index contributed by atoms with van der Waals surface area (Å²) in [6.45, 7) is 1.99. The van der Waals surface area contributed by atoms with Gasteiger partial charge in [0.1, 0.15) is 11.5 Å². The number of pyridine rings is 1. The lowest BCUT2D eigenvalue weighted by Gasteiger charge is -2.13. The minimum atomic E-state index is -0.521. The summed E-state index contributed by atoms with van der Waals surface area (Å²) >= 11 is 5.43. The van der Waals surface area contributed by atoms with Gasteiger partial charge in [-0.3, -0.25) is 9.78 Å². The van der Waals surface area contributed by atoms with Crippen LogP contribution >= 0.6 is 12.2 Å². The van der Waals surface area contributed by atoms with Crippen LogP contribution in [0.3, 0.4) is 0 Å². The first kappa shape index (κ1) is 25.3. The predicted octanol–water partition coefficient (Wildman–Crippen LogP) is 6.61. The van der Waals surface area contributed by atoms with Crippen molar-refractivity contribution in [3.63, 3.8) is 0 Å². The Kier molecular flexibility index (Phi) is 7.90. The molecular formula is C29H26FNO4S. The van der Waals surface area contributed by atoms with Gasteiger partial charge >= 0.3 is 0 Å². The molecule has 0 amide bonds. The van der Waals surface area contributed by atoms with E-state index in [2.05, 4.69) is 4.98 Å². The van der Waals surface area contributed by atoms with E-state index in [1.807, 2.05) is 31.2 Å². The van der Waals surface area contributed by atoms with Crippen molar-refractivity contribution in [1.82, 2.24) is 4.98 Å². The van der Waals surface area contributed by atoms with Crippen LogP contribution in [0.5, 0.6) is 23.0 Å². The molecule has 0 radical (unpaired) electrons. The van der Waals surface area contributed by atoms with E-state index in [1.165, 1.54) is 6.07 Å². The lowest BCUT2D eigenvalue weighted by atomic mass is 10.0. The molecule has 3 aromatic carbocycles. The van der Waals surface area contributed by atoms with Gasteiger partial charge in [0.05, 0.1) is 19.7 Å². The third-order valence-electron chi connectivity index (χ3n) is 5.70. The maximum absolute atomic E-state index is 14.9. The van der Waals surface area contributed by atoms with E-state index in [4.69, 9.17) is 26.4 Å². The zero-order chi connectivity index (χ0) is 25.7. The highest BCUT2D eigenvalue weighted by Crippen LogP contribution is 2.37. The highest BCUT2D eigenvalue weighted by molar-refractivity contribution is 7.80. The minimum absolute atomic E-state index is 0.0441. The van der Waals surface area contributed by atoms with Crippen LogP contribution in [0.25, 0.3) is 10.9 Å². The number of thiocarbonyl (C=S) groups is 1. The number of aromatic nitrogens is 1. The zero-order valence-electron chi connectivity index (χ0n) is 20.3. The number of carbonyl (C=O) groups is 1. The number of rotatable bonds is 10. The maximum atomic E-state index is 14.9. The molecule has 0 saturated carbocycles. The Morgan fingerprint density at radius 2 is 1.64 bits per heavy atom. The number of methoxy groups -OCH3 is 2. The summed E-state index contributed by atoms with van der Waals surface area (Å²) in [4.78, 5) is 17.3. The van der Waals surface area contributed by atoms with E-state index in [0.29, 0.717) is 51.4 Å². The number of hydrogen-bond donors (Lipinski definition) is 0. The molecular weight excluding hydrogens is 477 g/mol. The van der Waals surface area contributed by atoms with Crippen LogP contribution in [0.15, 0.2) is 66.9 Å². The first-order chi connectivity index (χ1) is 17.4. The summed E-state index contributed by atoms with van der Waals surface area (Å²) in [5.74, 6) is 1.09.